The van der Waals surface area contributed by atoms with Crippen molar-refractivity contribution in [3.05, 3.63) is 41.8 Å². The second-order valence-corrected chi connectivity index (χ2v) is 6.05. The fraction of sp³-hybridized carbons (Fsp3) is 0.188. The lowest BCUT2D eigenvalue weighted by molar-refractivity contribution is -0.139. The SMILES string of the molecule is O=C(COc1ncnc2scc(-c3ccc(F)cc3)c12)NCC(F)(F)F. The smallest absolute Gasteiger partial charge is 0.405 e. The molecule has 1 amide bonds. The van der Waals surface area contributed by atoms with Crippen LogP contribution in [0.15, 0.2) is 36.0 Å². The highest BCUT2D eigenvalue weighted by Crippen LogP contribution is 2.37. The standard InChI is InChI=1S/C16H11F4N3O2S/c17-10-3-1-9(2-4-10)11-6-26-15-13(11)14(22-8-23-15)25-5-12(24)21-7-16(18,19)20/h1-4,6,8H,5,7H2,(H,21,24). The van der Waals surface area contributed by atoms with E-state index in [0.29, 0.717) is 21.3 Å². The number of hydrogen-bond donors (Lipinski definition) is 1. The molecule has 3 rings (SSSR count). The Balaban J connectivity index is 1.82. The van der Waals surface area contributed by atoms with Crippen molar-refractivity contribution in [3.8, 4) is 17.0 Å². The third kappa shape index (κ3) is 4.26. The van der Waals surface area contributed by atoms with Gasteiger partial charge in [-0.1, -0.05) is 12.1 Å². The molecule has 0 aliphatic heterocycles. The van der Waals surface area contributed by atoms with Crippen LogP contribution in [0.4, 0.5) is 17.6 Å². The maximum Gasteiger partial charge on any atom is 0.405 e. The molecule has 0 unspecified atom stereocenters. The Morgan fingerprint density at radius 1 is 1.19 bits per heavy atom. The van der Waals surface area contributed by atoms with Gasteiger partial charge >= 0.3 is 6.18 Å². The number of halogens is 4. The highest BCUT2D eigenvalue weighted by Gasteiger charge is 2.27. The average molecular weight is 385 g/mol. The number of aromatic nitrogens is 2. The highest BCUT2D eigenvalue weighted by molar-refractivity contribution is 7.17. The van der Waals surface area contributed by atoms with E-state index in [-0.39, 0.29) is 11.7 Å². The summed E-state index contributed by atoms with van der Waals surface area (Å²) in [7, 11) is 0. The number of carbonyl (C=O) groups excluding carboxylic acids is 1. The van der Waals surface area contributed by atoms with Gasteiger partial charge in [0.1, 0.15) is 23.5 Å². The Labute approximate surface area is 148 Å². The molecule has 0 aliphatic rings. The third-order valence-electron chi connectivity index (χ3n) is 3.32. The summed E-state index contributed by atoms with van der Waals surface area (Å²) >= 11 is 1.30. The molecule has 0 bridgehead atoms. The summed E-state index contributed by atoms with van der Waals surface area (Å²) in [5.41, 5.74) is 1.37. The molecule has 0 aliphatic carbocycles. The molecule has 136 valence electrons. The first-order valence-corrected chi connectivity index (χ1v) is 8.16. The maximum atomic E-state index is 13.1. The monoisotopic (exact) mass is 385 g/mol. The fourth-order valence-electron chi connectivity index (χ4n) is 2.18. The zero-order chi connectivity index (χ0) is 18.7. The number of fused-ring (bicyclic) bond motifs is 1. The summed E-state index contributed by atoms with van der Waals surface area (Å²) in [4.78, 5) is 20.2. The highest BCUT2D eigenvalue weighted by atomic mass is 32.1. The van der Waals surface area contributed by atoms with Gasteiger partial charge in [0.2, 0.25) is 5.88 Å². The minimum Gasteiger partial charge on any atom is -0.467 e. The summed E-state index contributed by atoms with van der Waals surface area (Å²) < 4.78 is 54.7. The van der Waals surface area contributed by atoms with Gasteiger partial charge in [-0.25, -0.2) is 14.4 Å². The Hall–Kier alpha value is -2.75. The van der Waals surface area contributed by atoms with Crippen LogP contribution in [-0.4, -0.2) is 35.2 Å². The number of alkyl halides is 3. The molecule has 2 heterocycles. The molecule has 5 nitrogen and oxygen atoms in total. The Morgan fingerprint density at radius 3 is 2.62 bits per heavy atom. The van der Waals surface area contributed by atoms with Crippen LogP contribution in [0.5, 0.6) is 5.88 Å². The maximum absolute atomic E-state index is 13.1. The predicted molar refractivity (Wildman–Crippen MR) is 87.4 cm³/mol. The number of amides is 1. The van der Waals surface area contributed by atoms with Crippen molar-refractivity contribution in [2.75, 3.05) is 13.2 Å². The van der Waals surface area contributed by atoms with Crippen LogP contribution in [0.1, 0.15) is 0 Å². The molecule has 0 fully saturated rings. The molecule has 2 aromatic heterocycles. The number of carbonyl (C=O) groups is 1. The molecule has 0 spiro atoms. The first-order chi connectivity index (χ1) is 12.3. The Kier molecular flexibility index (Phi) is 5.03. The second kappa shape index (κ2) is 7.24. The van der Waals surface area contributed by atoms with Crippen molar-refractivity contribution < 1.29 is 27.1 Å². The number of nitrogens with zero attached hydrogens (tertiary/aromatic N) is 2. The number of ether oxygens (including phenoxy) is 1. The van der Waals surface area contributed by atoms with Gasteiger partial charge in [-0.2, -0.15) is 13.2 Å². The Morgan fingerprint density at radius 2 is 1.92 bits per heavy atom. The van der Waals surface area contributed by atoms with Crippen LogP contribution in [0.3, 0.4) is 0 Å². The summed E-state index contributed by atoms with van der Waals surface area (Å²) in [6.45, 7) is -2.06. The first kappa shape index (κ1) is 18.1. The molecule has 1 aromatic carbocycles. The fourth-order valence-corrected chi connectivity index (χ4v) is 3.09. The van der Waals surface area contributed by atoms with Gasteiger partial charge in [0, 0.05) is 10.9 Å². The summed E-state index contributed by atoms with van der Waals surface area (Å²) in [6, 6.07) is 5.74. The van der Waals surface area contributed by atoms with Crippen LogP contribution < -0.4 is 10.1 Å². The van der Waals surface area contributed by atoms with Crippen molar-refractivity contribution in [2.45, 2.75) is 6.18 Å². The number of benzene rings is 1. The molecule has 3 aromatic rings. The van der Waals surface area contributed by atoms with Gasteiger partial charge in [-0.3, -0.25) is 4.79 Å². The van der Waals surface area contributed by atoms with Gasteiger partial charge < -0.3 is 10.1 Å². The number of hydrogen-bond acceptors (Lipinski definition) is 5. The van der Waals surface area contributed by atoms with Crippen LogP contribution in [0.25, 0.3) is 21.3 Å². The van der Waals surface area contributed by atoms with Crippen LogP contribution >= 0.6 is 11.3 Å². The minimum atomic E-state index is -4.50. The Bertz CT molecular complexity index is 925. The lowest BCUT2D eigenvalue weighted by Gasteiger charge is -2.10. The molecule has 10 heteroatoms. The molecule has 26 heavy (non-hydrogen) atoms. The minimum absolute atomic E-state index is 0.0673. The number of thiophene rings is 1. The second-order valence-electron chi connectivity index (χ2n) is 5.20. The lowest BCUT2D eigenvalue weighted by Crippen LogP contribution is -2.36. The van der Waals surface area contributed by atoms with Gasteiger partial charge in [-0.05, 0) is 17.7 Å². The van der Waals surface area contributed by atoms with Crippen molar-refractivity contribution in [1.29, 1.82) is 0 Å². The average Bonchev–Trinajstić information content (AvgIpc) is 3.03. The zero-order valence-electron chi connectivity index (χ0n) is 13.0. The van der Waals surface area contributed by atoms with E-state index in [4.69, 9.17) is 4.74 Å². The van der Waals surface area contributed by atoms with Gasteiger partial charge in [0.05, 0.1) is 5.39 Å². The number of nitrogens with one attached hydrogen (secondary N) is 1. The van der Waals surface area contributed by atoms with Crippen LogP contribution in [0, 0.1) is 5.82 Å². The van der Waals surface area contributed by atoms with Crippen molar-refractivity contribution >= 4 is 27.5 Å². The van der Waals surface area contributed by atoms with E-state index >= 15 is 0 Å². The van der Waals surface area contributed by atoms with E-state index in [1.807, 2.05) is 0 Å². The van der Waals surface area contributed by atoms with E-state index in [0.717, 1.165) is 0 Å². The summed E-state index contributed by atoms with van der Waals surface area (Å²) in [5.74, 6) is -1.24. The number of rotatable bonds is 5. The van der Waals surface area contributed by atoms with Crippen LogP contribution in [-0.2, 0) is 4.79 Å². The largest absolute Gasteiger partial charge is 0.467 e. The van der Waals surface area contributed by atoms with Gasteiger partial charge in [-0.15, -0.1) is 11.3 Å². The van der Waals surface area contributed by atoms with E-state index in [2.05, 4.69) is 9.97 Å². The molecular weight excluding hydrogens is 374 g/mol. The zero-order valence-corrected chi connectivity index (χ0v) is 13.8. The lowest BCUT2D eigenvalue weighted by atomic mass is 10.1. The van der Waals surface area contributed by atoms with E-state index in [9.17, 15) is 22.4 Å². The first-order valence-electron chi connectivity index (χ1n) is 7.28. The predicted octanol–water partition coefficient (Wildman–Crippen LogP) is 3.55. The van der Waals surface area contributed by atoms with Gasteiger partial charge in [0.15, 0.2) is 6.61 Å². The molecule has 0 saturated heterocycles. The van der Waals surface area contributed by atoms with E-state index in [1.54, 1.807) is 22.8 Å². The molecule has 0 atom stereocenters. The van der Waals surface area contributed by atoms with E-state index in [1.165, 1.54) is 29.8 Å². The normalized spacial score (nSPS) is 11.5. The summed E-state index contributed by atoms with van der Waals surface area (Å²) in [6.07, 6.45) is -3.27. The van der Waals surface area contributed by atoms with Crippen molar-refractivity contribution in [2.24, 2.45) is 0 Å². The molecule has 0 radical (unpaired) electrons. The van der Waals surface area contributed by atoms with Crippen molar-refractivity contribution in [3.63, 3.8) is 0 Å². The third-order valence-corrected chi connectivity index (χ3v) is 4.20. The quantitative estimate of drug-likeness (QED) is 0.683. The van der Waals surface area contributed by atoms with Gasteiger partial charge in [0.25, 0.3) is 5.91 Å². The molecular formula is C16H11F4N3O2S. The molecule has 1 N–H and O–H groups in total. The van der Waals surface area contributed by atoms with E-state index < -0.39 is 25.2 Å². The molecule has 0 saturated carbocycles. The summed E-state index contributed by atoms with van der Waals surface area (Å²) in [5, 5.41) is 4.00. The topological polar surface area (TPSA) is 64.1 Å². The van der Waals surface area contributed by atoms with Crippen molar-refractivity contribution in [1.82, 2.24) is 15.3 Å². The van der Waals surface area contributed by atoms with Crippen LogP contribution in [0.2, 0.25) is 0 Å².